The van der Waals surface area contributed by atoms with Crippen molar-refractivity contribution in [2.45, 2.75) is 45.7 Å². The van der Waals surface area contributed by atoms with E-state index < -0.39 is 0 Å². The first-order valence-electron chi connectivity index (χ1n) is 6.52. The Morgan fingerprint density at radius 2 is 2.00 bits per heavy atom. The average molecular weight is 227 g/mol. The maximum absolute atomic E-state index is 5.88. The highest BCUT2D eigenvalue weighted by molar-refractivity contribution is 4.93. The van der Waals surface area contributed by atoms with Crippen LogP contribution in [0.15, 0.2) is 0 Å². The van der Waals surface area contributed by atoms with Gasteiger partial charge in [-0.2, -0.15) is 0 Å². The fourth-order valence-corrected chi connectivity index (χ4v) is 2.33. The Bertz CT molecular complexity index is 213. The SMILES string of the molecule is CC(C)CCN1CC(C)(C)N(C)CC1CN. The molecule has 0 amide bonds. The topological polar surface area (TPSA) is 32.5 Å². The van der Waals surface area contributed by atoms with Crippen molar-refractivity contribution in [2.24, 2.45) is 11.7 Å². The van der Waals surface area contributed by atoms with Crippen LogP contribution >= 0.6 is 0 Å². The Morgan fingerprint density at radius 1 is 1.38 bits per heavy atom. The lowest BCUT2D eigenvalue weighted by Crippen LogP contribution is -2.63. The molecule has 1 aliphatic rings. The molecule has 1 fully saturated rings. The van der Waals surface area contributed by atoms with Crippen molar-refractivity contribution < 1.29 is 0 Å². The van der Waals surface area contributed by atoms with Gasteiger partial charge in [-0.1, -0.05) is 13.8 Å². The number of rotatable bonds is 4. The lowest BCUT2D eigenvalue weighted by molar-refractivity contribution is 0.0000127. The van der Waals surface area contributed by atoms with Gasteiger partial charge in [0.05, 0.1) is 0 Å². The Labute approximate surface area is 101 Å². The summed E-state index contributed by atoms with van der Waals surface area (Å²) in [4.78, 5) is 5.02. The normalized spacial score (nSPS) is 27.6. The van der Waals surface area contributed by atoms with Crippen molar-refractivity contribution in [3.63, 3.8) is 0 Å². The van der Waals surface area contributed by atoms with Gasteiger partial charge in [-0.25, -0.2) is 0 Å². The molecule has 1 atom stereocenters. The van der Waals surface area contributed by atoms with E-state index in [1.807, 2.05) is 0 Å². The van der Waals surface area contributed by atoms with Crippen molar-refractivity contribution >= 4 is 0 Å². The van der Waals surface area contributed by atoms with E-state index in [1.54, 1.807) is 0 Å². The zero-order chi connectivity index (χ0) is 12.3. The first-order valence-corrected chi connectivity index (χ1v) is 6.52. The van der Waals surface area contributed by atoms with Crippen molar-refractivity contribution in [1.29, 1.82) is 0 Å². The van der Waals surface area contributed by atoms with E-state index in [0.717, 1.165) is 25.6 Å². The standard InChI is InChI=1S/C13H29N3/c1-11(2)6-7-16-10-13(3,4)15(5)9-12(16)8-14/h11-12H,6-10,14H2,1-5H3. The predicted octanol–water partition coefficient (Wildman–Crippen LogP) is 1.39. The molecule has 0 aromatic carbocycles. The average Bonchev–Trinajstić information content (AvgIpc) is 2.19. The van der Waals surface area contributed by atoms with Gasteiger partial charge < -0.3 is 5.73 Å². The van der Waals surface area contributed by atoms with Crippen LogP contribution in [-0.2, 0) is 0 Å². The minimum absolute atomic E-state index is 0.280. The van der Waals surface area contributed by atoms with Crippen molar-refractivity contribution in [1.82, 2.24) is 9.80 Å². The smallest absolute Gasteiger partial charge is 0.0346 e. The second kappa shape index (κ2) is 5.48. The molecule has 0 aliphatic carbocycles. The first-order chi connectivity index (χ1) is 7.36. The Balaban J connectivity index is 2.58. The molecule has 0 spiro atoms. The van der Waals surface area contributed by atoms with Gasteiger partial charge in [-0.05, 0) is 39.8 Å². The molecule has 1 heterocycles. The van der Waals surface area contributed by atoms with Crippen molar-refractivity contribution in [2.75, 3.05) is 33.2 Å². The van der Waals surface area contributed by atoms with Crippen LogP contribution < -0.4 is 5.73 Å². The maximum Gasteiger partial charge on any atom is 0.0346 e. The van der Waals surface area contributed by atoms with Crippen LogP contribution in [0.2, 0.25) is 0 Å². The lowest BCUT2D eigenvalue weighted by atomic mass is 9.95. The number of nitrogens with zero attached hydrogens (tertiary/aromatic N) is 2. The molecule has 0 radical (unpaired) electrons. The van der Waals surface area contributed by atoms with Crippen LogP contribution in [0.5, 0.6) is 0 Å². The molecule has 16 heavy (non-hydrogen) atoms. The summed E-state index contributed by atoms with van der Waals surface area (Å²) in [5.41, 5.74) is 6.16. The van der Waals surface area contributed by atoms with Gasteiger partial charge in [0, 0.05) is 31.2 Å². The van der Waals surface area contributed by atoms with Gasteiger partial charge in [0.25, 0.3) is 0 Å². The van der Waals surface area contributed by atoms with E-state index in [-0.39, 0.29) is 5.54 Å². The number of hydrogen-bond donors (Lipinski definition) is 1. The molecule has 2 N–H and O–H groups in total. The maximum atomic E-state index is 5.88. The highest BCUT2D eigenvalue weighted by Crippen LogP contribution is 2.23. The highest BCUT2D eigenvalue weighted by atomic mass is 15.3. The number of nitrogens with two attached hydrogens (primary N) is 1. The number of hydrogen-bond acceptors (Lipinski definition) is 3. The van der Waals surface area contributed by atoms with Crippen LogP contribution in [0.25, 0.3) is 0 Å². The minimum atomic E-state index is 0.280. The second-order valence-electron chi connectivity index (χ2n) is 6.24. The molecule has 3 nitrogen and oxygen atoms in total. The number of piperazine rings is 1. The fourth-order valence-electron chi connectivity index (χ4n) is 2.33. The highest BCUT2D eigenvalue weighted by Gasteiger charge is 2.35. The summed E-state index contributed by atoms with van der Waals surface area (Å²) in [5.74, 6) is 0.779. The summed E-state index contributed by atoms with van der Waals surface area (Å²) in [7, 11) is 2.21. The summed E-state index contributed by atoms with van der Waals surface area (Å²) in [5, 5.41) is 0. The van der Waals surface area contributed by atoms with Crippen molar-refractivity contribution in [3.8, 4) is 0 Å². The molecule has 1 unspecified atom stereocenters. The predicted molar refractivity (Wildman–Crippen MR) is 70.6 cm³/mol. The third-order valence-electron chi connectivity index (χ3n) is 3.89. The summed E-state index contributed by atoms with van der Waals surface area (Å²) >= 11 is 0. The fraction of sp³-hybridized carbons (Fsp3) is 1.00. The zero-order valence-electron chi connectivity index (χ0n) is 11.7. The van der Waals surface area contributed by atoms with Crippen LogP contribution in [-0.4, -0.2) is 54.6 Å². The van der Waals surface area contributed by atoms with Gasteiger partial charge in [0.2, 0.25) is 0 Å². The quantitative estimate of drug-likeness (QED) is 0.788. The molecule has 0 bridgehead atoms. The molecule has 0 aromatic rings. The van der Waals surface area contributed by atoms with Crippen LogP contribution in [0.4, 0.5) is 0 Å². The van der Waals surface area contributed by atoms with Crippen molar-refractivity contribution in [3.05, 3.63) is 0 Å². The third-order valence-corrected chi connectivity index (χ3v) is 3.89. The third kappa shape index (κ3) is 3.44. The Kier molecular flexibility index (Phi) is 4.77. The van der Waals surface area contributed by atoms with Gasteiger partial charge in [-0.15, -0.1) is 0 Å². The molecular weight excluding hydrogens is 198 g/mol. The monoisotopic (exact) mass is 227 g/mol. The van der Waals surface area contributed by atoms with Crippen LogP contribution in [0.1, 0.15) is 34.1 Å². The molecule has 96 valence electrons. The summed E-state index contributed by atoms with van der Waals surface area (Å²) in [6.07, 6.45) is 1.27. The van der Waals surface area contributed by atoms with Crippen LogP contribution in [0.3, 0.4) is 0 Å². The van der Waals surface area contributed by atoms with E-state index in [9.17, 15) is 0 Å². The van der Waals surface area contributed by atoms with E-state index in [1.165, 1.54) is 13.0 Å². The lowest BCUT2D eigenvalue weighted by Gasteiger charge is -2.49. The van der Waals surface area contributed by atoms with Crippen LogP contribution in [0, 0.1) is 5.92 Å². The largest absolute Gasteiger partial charge is 0.329 e. The molecule has 1 saturated heterocycles. The second-order valence-corrected chi connectivity index (χ2v) is 6.24. The minimum Gasteiger partial charge on any atom is -0.329 e. The van der Waals surface area contributed by atoms with Gasteiger partial charge in [0.1, 0.15) is 0 Å². The Morgan fingerprint density at radius 3 is 2.50 bits per heavy atom. The van der Waals surface area contributed by atoms with E-state index >= 15 is 0 Å². The van der Waals surface area contributed by atoms with E-state index in [2.05, 4.69) is 44.5 Å². The van der Waals surface area contributed by atoms with E-state index in [4.69, 9.17) is 5.73 Å². The molecular formula is C13H29N3. The summed E-state index contributed by atoms with van der Waals surface area (Å²) in [6.45, 7) is 13.4. The van der Waals surface area contributed by atoms with Gasteiger partial charge >= 0.3 is 0 Å². The molecule has 3 heteroatoms. The summed E-state index contributed by atoms with van der Waals surface area (Å²) < 4.78 is 0. The Hall–Kier alpha value is -0.120. The van der Waals surface area contributed by atoms with Gasteiger partial charge in [-0.3, -0.25) is 9.80 Å². The van der Waals surface area contributed by atoms with E-state index in [0.29, 0.717) is 6.04 Å². The number of likely N-dealkylation sites (N-methyl/N-ethyl adjacent to an activating group) is 1. The molecule has 0 aromatic heterocycles. The summed E-state index contributed by atoms with van der Waals surface area (Å²) in [6, 6.07) is 0.539. The zero-order valence-corrected chi connectivity index (χ0v) is 11.7. The molecule has 1 rings (SSSR count). The van der Waals surface area contributed by atoms with Gasteiger partial charge in [0.15, 0.2) is 0 Å². The first kappa shape index (κ1) is 13.9. The molecule has 0 saturated carbocycles. The molecule has 1 aliphatic heterocycles.